The molecule has 0 spiro atoms. The van der Waals surface area contributed by atoms with E-state index in [2.05, 4.69) is 4.36 Å². The predicted octanol–water partition coefficient (Wildman–Crippen LogP) is 4.52. The molecule has 29 heavy (non-hydrogen) atoms. The number of hydrogen-bond donors (Lipinski definition) is 1. The van der Waals surface area contributed by atoms with Crippen molar-refractivity contribution < 1.29 is 13.6 Å². The second-order valence-corrected chi connectivity index (χ2v) is 8.87. The van der Waals surface area contributed by atoms with Crippen LogP contribution < -0.4 is 5.14 Å². The molecule has 0 aromatic heterocycles. The molecule has 0 aliphatic carbocycles. The number of carbonyl (C=O) groups is 1. The first-order valence-corrected chi connectivity index (χ1v) is 10.8. The molecule has 0 saturated carbocycles. The highest BCUT2D eigenvalue weighted by atomic mass is 32.2. The Bertz CT molecular complexity index is 927. The third-order valence-electron chi connectivity index (χ3n) is 4.59. The van der Waals surface area contributed by atoms with Gasteiger partial charge in [-0.15, -0.1) is 0 Å². The van der Waals surface area contributed by atoms with Gasteiger partial charge in [0.25, 0.3) is 5.91 Å². The standard InChI is InChI=1S/C22H29F2N3OS/c1-6-16-10-17(23)11-18(14(2)3)19(16)12-22(28)26-29(25)21-8-7-15(9-20(21)24)13-27(4)5/h7-11,14H,6,12-13H2,1-5H3,(H2,25,26,28). The molecule has 0 radical (unpaired) electrons. The number of benzene rings is 2. The maximum absolute atomic E-state index is 14.5. The molecule has 2 rings (SSSR count). The van der Waals surface area contributed by atoms with Crippen molar-refractivity contribution >= 4 is 16.8 Å². The van der Waals surface area contributed by atoms with Gasteiger partial charge in [-0.2, -0.15) is 4.36 Å². The fraction of sp³-hybridized carbons (Fsp3) is 0.409. The second-order valence-electron chi connectivity index (χ2n) is 7.62. The number of rotatable bonds is 7. The van der Waals surface area contributed by atoms with Crippen molar-refractivity contribution in [1.82, 2.24) is 4.90 Å². The molecular weight excluding hydrogens is 392 g/mol. The maximum atomic E-state index is 14.5. The van der Waals surface area contributed by atoms with Gasteiger partial charge >= 0.3 is 0 Å². The first-order valence-electron chi connectivity index (χ1n) is 9.60. The van der Waals surface area contributed by atoms with Crippen LogP contribution in [0.1, 0.15) is 48.9 Å². The van der Waals surface area contributed by atoms with Gasteiger partial charge in [-0.05, 0) is 73.0 Å². The highest BCUT2D eigenvalue weighted by Crippen LogP contribution is 2.26. The minimum atomic E-state index is -1.39. The predicted molar refractivity (Wildman–Crippen MR) is 115 cm³/mol. The van der Waals surface area contributed by atoms with Crippen LogP contribution >= 0.6 is 0 Å². The molecule has 0 aliphatic heterocycles. The Morgan fingerprint density at radius 3 is 2.45 bits per heavy atom. The lowest BCUT2D eigenvalue weighted by atomic mass is 9.90. The van der Waals surface area contributed by atoms with Gasteiger partial charge in [0.05, 0.1) is 11.3 Å². The van der Waals surface area contributed by atoms with E-state index in [0.29, 0.717) is 13.0 Å². The minimum Gasteiger partial charge on any atom is -0.305 e. The molecule has 2 N–H and O–H groups in total. The molecule has 0 heterocycles. The zero-order valence-corrected chi connectivity index (χ0v) is 18.4. The van der Waals surface area contributed by atoms with E-state index in [1.165, 1.54) is 18.2 Å². The summed E-state index contributed by atoms with van der Waals surface area (Å²) in [4.78, 5) is 14.7. The number of hydrogen-bond acceptors (Lipinski definition) is 2. The molecule has 7 heteroatoms. The lowest BCUT2D eigenvalue weighted by molar-refractivity contribution is -0.117. The van der Waals surface area contributed by atoms with E-state index < -0.39 is 22.6 Å². The molecule has 4 nitrogen and oxygen atoms in total. The Kier molecular flexibility index (Phi) is 8.19. The van der Waals surface area contributed by atoms with Crippen molar-refractivity contribution in [2.75, 3.05) is 14.1 Å². The Hall–Kier alpha value is -1.96. The van der Waals surface area contributed by atoms with Crippen LogP contribution in [0.3, 0.4) is 0 Å². The molecule has 0 bridgehead atoms. The Morgan fingerprint density at radius 2 is 1.90 bits per heavy atom. The van der Waals surface area contributed by atoms with Crippen LogP contribution in [0.4, 0.5) is 8.78 Å². The van der Waals surface area contributed by atoms with Gasteiger partial charge in [0.15, 0.2) is 0 Å². The van der Waals surface area contributed by atoms with E-state index in [1.54, 1.807) is 12.1 Å². The van der Waals surface area contributed by atoms with Crippen LogP contribution in [0.2, 0.25) is 0 Å². The number of amides is 1. The zero-order chi connectivity index (χ0) is 21.7. The summed E-state index contributed by atoms with van der Waals surface area (Å²) < 4.78 is 32.4. The first-order chi connectivity index (χ1) is 13.6. The van der Waals surface area contributed by atoms with E-state index in [-0.39, 0.29) is 23.1 Å². The molecule has 1 amide bonds. The maximum Gasteiger partial charge on any atom is 0.257 e. The Morgan fingerprint density at radius 1 is 1.21 bits per heavy atom. The van der Waals surface area contributed by atoms with Crippen LogP contribution in [0, 0.1) is 11.6 Å². The van der Waals surface area contributed by atoms with Gasteiger partial charge in [0, 0.05) is 17.4 Å². The van der Waals surface area contributed by atoms with Gasteiger partial charge < -0.3 is 4.90 Å². The van der Waals surface area contributed by atoms with Gasteiger partial charge in [-0.3, -0.25) is 9.93 Å². The monoisotopic (exact) mass is 421 g/mol. The van der Waals surface area contributed by atoms with Crippen LogP contribution in [0.25, 0.3) is 0 Å². The summed E-state index contributed by atoms with van der Waals surface area (Å²) in [5, 5.41) is 6.02. The summed E-state index contributed by atoms with van der Waals surface area (Å²) in [7, 11) is 2.42. The quantitative estimate of drug-likeness (QED) is 0.715. The summed E-state index contributed by atoms with van der Waals surface area (Å²) in [6.07, 6.45) is 0.633. The van der Waals surface area contributed by atoms with Crippen LogP contribution in [0.5, 0.6) is 0 Å². The van der Waals surface area contributed by atoms with Crippen molar-refractivity contribution in [3.63, 3.8) is 0 Å². The lowest BCUT2D eigenvalue weighted by Gasteiger charge is -2.16. The first kappa shape index (κ1) is 23.3. The Labute approximate surface area is 174 Å². The lowest BCUT2D eigenvalue weighted by Crippen LogP contribution is -2.14. The fourth-order valence-electron chi connectivity index (χ4n) is 3.28. The molecular formula is C22H29F2N3OS. The Balaban J connectivity index is 2.29. The van der Waals surface area contributed by atoms with E-state index in [0.717, 1.165) is 22.3 Å². The molecule has 0 fully saturated rings. The molecule has 0 saturated heterocycles. The van der Waals surface area contributed by atoms with E-state index in [4.69, 9.17) is 5.14 Å². The molecule has 2 aromatic carbocycles. The van der Waals surface area contributed by atoms with Crippen molar-refractivity contribution in [3.8, 4) is 0 Å². The SMILES string of the molecule is CCc1cc(F)cc(C(C)C)c1CC(=O)/N=S(/N)c1ccc(CN(C)C)cc1F. The molecule has 2 aromatic rings. The highest BCUT2D eigenvalue weighted by Gasteiger charge is 2.17. The van der Waals surface area contributed by atoms with Gasteiger partial charge in [0.2, 0.25) is 0 Å². The summed E-state index contributed by atoms with van der Waals surface area (Å²) in [5.41, 5.74) is 3.19. The second kappa shape index (κ2) is 10.2. The number of nitrogens with zero attached hydrogens (tertiary/aromatic N) is 2. The van der Waals surface area contributed by atoms with Crippen molar-refractivity contribution in [2.45, 2.75) is 51.0 Å². The number of nitrogens with two attached hydrogens (primary N) is 1. The van der Waals surface area contributed by atoms with Crippen LogP contribution in [-0.2, 0) is 35.1 Å². The van der Waals surface area contributed by atoms with E-state index in [9.17, 15) is 13.6 Å². The zero-order valence-electron chi connectivity index (χ0n) is 17.6. The number of halogens is 2. The third kappa shape index (κ3) is 6.26. The summed E-state index contributed by atoms with van der Waals surface area (Å²) in [5.74, 6) is -1.14. The fourth-order valence-corrected chi connectivity index (χ4v) is 4.13. The largest absolute Gasteiger partial charge is 0.305 e. The topological polar surface area (TPSA) is 58.7 Å². The summed E-state index contributed by atoms with van der Waals surface area (Å²) in [6.45, 7) is 6.44. The molecule has 1 unspecified atom stereocenters. The minimum absolute atomic E-state index is 0.0258. The van der Waals surface area contributed by atoms with Crippen molar-refractivity contribution in [1.29, 1.82) is 0 Å². The normalized spacial score (nSPS) is 12.8. The number of aryl methyl sites for hydroxylation is 1. The van der Waals surface area contributed by atoms with Gasteiger partial charge in [-0.25, -0.2) is 8.78 Å². The average Bonchev–Trinajstić information content (AvgIpc) is 2.61. The van der Waals surface area contributed by atoms with Crippen LogP contribution in [0.15, 0.2) is 39.6 Å². The summed E-state index contributed by atoms with van der Waals surface area (Å²) >= 11 is 0. The van der Waals surface area contributed by atoms with Gasteiger partial charge in [-0.1, -0.05) is 26.8 Å². The molecule has 0 aliphatic rings. The van der Waals surface area contributed by atoms with Crippen molar-refractivity contribution in [2.24, 2.45) is 9.50 Å². The smallest absolute Gasteiger partial charge is 0.257 e. The van der Waals surface area contributed by atoms with E-state index in [1.807, 2.05) is 39.8 Å². The molecule has 158 valence electrons. The summed E-state index contributed by atoms with van der Waals surface area (Å²) in [6, 6.07) is 7.73. The average molecular weight is 422 g/mol. The van der Waals surface area contributed by atoms with Crippen LogP contribution in [-0.4, -0.2) is 24.9 Å². The highest BCUT2D eigenvalue weighted by molar-refractivity contribution is 7.85. The third-order valence-corrected chi connectivity index (χ3v) is 5.78. The van der Waals surface area contributed by atoms with E-state index >= 15 is 0 Å². The van der Waals surface area contributed by atoms with Gasteiger partial charge in [0.1, 0.15) is 11.6 Å². The molecule has 1 atom stereocenters. The number of carbonyl (C=O) groups excluding carboxylic acids is 1. The van der Waals surface area contributed by atoms with Crippen molar-refractivity contribution in [3.05, 3.63) is 64.2 Å².